The quantitative estimate of drug-likeness (QED) is 0.495. The number of carbonyl (C=O) groups is 1. The lowest BCUT2D eigenvalue weighted by atomic mass is 9.85. The van der Waals surface area contributed by atoms with Gasteiger partial charge >= 0.3 is 0 Å². The summed E-state index contributed by atoms with van der Waals surface area (Å²) in [6.07, 6.45) is 4.27. The predicted molar refractivity (Wildman–Crippen MR) is 135 cm³/mol. The van der Waals surface area contributed by atoms with Crippen molar-refractivity contribution in [2.75, 3.05) is 18.4 Å². The van der Waals surface area contributed by atoms with Gasteiger partial charge in [0.15, 0.2) is 0 Å². The summed E-state index contributed by atoms with van der Waals surface area (Å²) in [6.45, 7) is 6.42. The number of nitrogens with one attached hydrogen (secondary N) is 1. The van der Waals surface area contributed by atoms with E-state index in [1.807, 2.05) is 26.0 Å². The van der Waals surface area contributed by atoms with Crippen molar-refractivity contribution in [2.24, 2.45) is 5.92 Å². The van der Waals surface area contributed by atoms with Crippen molar-refractivity contribution >= 4 is 33.0 Å². The molecule has 3 aromatic rings. The van der Waals surface area contributed by atoms with Crippen molar-refractivity contribution in [3.05, 3.63) is 46.2 Å². The molecule has 0 unspecified atom stereocenters. The van der Waals surface area contributed by atoms with Crippen LogP contribution in [0.25, 0.3) is 10.7 Å². The van der Waals surface area contributed by atoms with Crippen molar-refractivity contribution in [3.8, 4) is 10.7 Å². The Kier molecular flexibility index (Phi) is 6.54. The number of hydrogen-bond donors (Lipinski definition) is 1. The van der Waals surface area contributed by atoms with E-state index < -0.39 is 10.0 Å². The third kappa shape index (κ3) is 4.92. The van der Waals surface area contributed by atoms with Crippen LogP contribution in [0.3, 0.4) is 0 Å². The minimum atomic E-state index is -3.68. The summed E-state index contributed by atoms with van der Waals surface area (Å²) in [6, 6.07) is 7.60. The number of aryl methyl sites for hydroxylation is 3. The average molecular weight is 515 g/mol. The van der Waals surface area contributed by atoms with E-state index in [0.717, 1.165) is 29.7 Å². The molecule has 1 saturated heterocycles. The van der Waals surface area contributed by atoms with Crippen molar-refractivity contribution in [1.29, 1.82) is 0 Å². The van der Waals surface area contributed by atoms with Gasteiger partial charge in [-0.25, -0.2) is 8.42 Å². The van der Waals surface area contributed by atoms with E-state index in [1.165, 1.54) is 22.1 Å². The molecule has 1 aromatic carbocycles. The number of piperidine rings is 1. The molecule has 0 bridgehead atoms. The third-order valence-electron chi connectivity index (χ3n) is 6.92. The van der Waals surface area contributed by atoms with Gasteiger partial charge in [-0.15, -0.1) is 11.3 Å². The molecular weight excluding hydrogens is 484 g/mol. The van der Waals surface area contributed by atoms with Gasteiger partial charge in [-0.2, -0.15) is 9.29 Å². The van der Waals surface area contributed by atoms with Gasteiger partial charge in [0.1, 0.15) is 0 Å². The molecule has 1 N–H and O–H groups in total. The minimum absolute atomic E-state index is 0.0552. The van der Waals surface area contributed by atoms with Crippen LogP contribution in [-0.4, -0.2) is 41.9 Å². The Morgan fingerprint density at radius 1 is 1.06 bits per heavy atom. The number of hydrogen-bond acceptors (Lipinski definition) is 7. The van der Waals surface area contributed by atoms with Crippen molar-refractivity contribution in [2.45, 2.75) is 63.7 Å². The Balaban J connectivity index is 1.25. The van der Waals surface area contributed by atoms with Crippen LogP contribution in [0.5, 0.6) is 0 Å². The molecule has 2 aromatic heterocycles. The number of carbonyl (C=O) groups excluding carboxylic acids is 1. The molecule has 10 heteroatoms. The van der Waals surface area contributed by atoms with Gasteiger partial charge in [0.2, 0.25) is 27.6 Å². The smallest absolute Gasteiger partial charge is 0.244 e. The summed E-state index contributed by atoms with van der Waals surface area (Å²) < 4.78 is 33.8. The Hall–Kier alpha value is -2.56. The van der Waals surface area contributed by atoms with E-state index in [9.17, 15) is 13.2 Å². The van der Waals surface area contributed by atoms with E-state index in [0.29, 0.717) is 53.3 Å². The summed E-state index contributed by atoms with van der Waals surface area (Å²) in [4.78, 5) is 19.0. The van der Waals surface area contributed by atoms with Gasteiger partial charge in [0.05, 0.1) is 9.77 Å². The fraction of sp³-hybridized carbons (Fsp3) is 0.480. The topological polar surface area (TPSA) is 105 Å². The molecule has 1 saturated carbocycles. The number of sulfonamides is 1. The highest BCUT2D eigenvalue weighted by Gasteiger charge is 2.34. The maximum Gasteiger partial charge on any atom is 0.244 e. The largest absolute Gasteiger partial charge is 0.339 e. The molecule has 2 fully saturated rings. The van der Waals surface area contributed by atoms with Crippen LogP contribution in [0, 0.1) is 26.7 Å². The molecule has 8 nitrogen and oxygen atoms in total. The zero-order valence-electron chi connectivity index (χ0n) is 20.2. The van der Waals surface area contributed by atoms with Gasteiger partial charge in [-0.3, -0.25) is 4.79 Å². The first-order valence-corrected chi connectivity index (χ1v) is 14.3. The number of thiophene rings is 1. The van der Waals surface area contributed by atoms with E-state index in [4.69, 9.17) is 4.52 Å². The molecule has 1 aliphatic carbocycles. The number of nitrogens with zero attached hydrogens (tertiary/aromatic N) is 3. The molecule has 1 amide bonds. The number of rotatable bonds is 6. The van der Waals surface area contributed by atoms with Crippen LogP contribution in [0.2, 0.25) is 0 Å². The lowest BCUT2D eigenvalue weighted by Crippen LogP contribution is -2.41. The van der Waals surface area contributed by atoms with E-state index in [2.05, 4.69) is 21.5 Å². The van der Waals surface area contributed by atoms with Gasteiger partial charge < -0.3 is 9.84 Å². The van der Waals surface area contributed by atoms with Crippen LogP contribution >= 0.6 is 11.3 Å². The second kappa shape index (κ2) is 9.48. The van der Waals surface area contributed by atoms with E-state index in [1.54, 1.807) is 13.0 Å². The van der Waals surface area contributed by atoms with E-state index in [-0.39, 0.29) is 16.7 Å². The number of anilines is 1. The van der Waals surface area contributed by atoms with Crippen LogP contribution in [0.4, 0.5) is 5.69 Å². The van der Waals surface area contributed by atoms with Gasteiger partial charge in [0.25, 0.3) is 0 Å². The van der Waals surface area contributed by atoms with E-state index >= 15 is 0 Å². The Morgan fingerprint density at radius 3 is 2.37 bits per heavy atom. The Bertz CT molecular complexity index is 1330. The molecule has 0 atom stereocenters. The maximum atomic E-state index is 13.4. The normalized spacial score (nSPS) is 17.9. The second-order valence-corrected chi connectivity index (χ2v) is 12.8. The first-order chi connectivity index (χ1) is 16.7. The number of amides is 1. The Morgan fingerprint density at radius 2 is 1.74 bits per heavy atom. The van der Waals surface area contributed by atoms with Crippen LogP contribution < -0.4 is 5.32 Å². The third-order valence-corrected chi connectivity index (χ3v) is 10.1. The van der Waals surface area contributed by atoms with Crippen LogP contribution in [0.1, 0.15) is 59.9 Å². The van der Waals surface area contributed by atoms with Gasteiger partial charge in [0, 0.05) is 35.5 Å². The molecule has 186 valence electrons. The Labute approximate surface area is 209 Å². The lowest BCUT2D eigenvalue weighted by Gasteiger charge is -2.30. The lowest BCUT2D eigenvalue weighted by molar-refractivity contribution is -0.120. The summed E-state index contributed by atoms with van der Waals surface area (Å²) in [5.74, 6) is 1.14. The minimum Gasteiger partial charge on any atom is -0.339 e. The molecule has 0 radical (unpaired) electrons. The molecule has 5 rings (SSSR count). The summed E-state index contributed by atoms with van der Waals surface area (Å²) in [5, 5.41) is 7.08. The molecule has 1 aliphatic heterocycles. The monoisotopic (exact) mass is 514 g/mol. The second-order valence-electron chi connectivity index (χ2n) is 9.66. The summed E-state index contributed by atoms with van der Waals surface area (Å²) in [7, 11) is -3.68. The fourth-order valence-electron chi connectivity index (χ4n) is 4.78. The molecule has 3 heterocycles. The van der Waals surface area contributed by atoms with Gasteiger partial charge in [-0.1, -0.05) is 17.6 Å². The zero-order valence-corrected chi connectivity index (χ0v) is 21.8. The first-order valence-electron chi connectivity index (χ1n) is 12.0. The molecular formula is C25H30N4O4S2. The van der Waals surface area contributed by atoms with Crippen molar-refractivity contribution < 1.29 is 17.7 Å². The van der Waals surface area contributed by atoms with Crippen LogP contribution in [0.15, 0.2) is 33.7 Å². The summed E-state index contributed by atoms with van der Waals surface area (Å²) in [5.41, 5.74) is 2.96. The zero-order chi connectivity index (χ0) is 24.7. The van der Waals surface area contributed by atoms with Crippen molar-refractivity contribution in [3.63, 3.8) is 0 Å². The average Bonchev–Trinajstić information content (AvgIpc) is 3.39. The highest BCUT2D eigenvalue weighted by atomic mass is 32.2. The number of aromatic nitrogens is 2. The standard InChI is InChI=1S/C25H30N4O4S2/c1-15-11-16(2)13-20(12-15)26-24(30)18-7-9-29(10-8-18)35(31,32)22-14-21(34-17(22)3)23-27-25(33-28-23)19-5-4-6-19/h11-14,18-19H,4-10H2,1-3H3,(H,26,30). The SMILES string of the molecule is Cc1cc(C)cc(NC(=O)C2CCN(S(=O)(=O)c3cc(-c4noc(C5CCC5)n4)sc3C)CC2)c1. The molecule has 0 spiro atoms. The van der Waals surface area contributed by atoms with Gasteiger partial charge in [-0.05, 0) is 75.8 Å². The number of benzene rings is 1. The molecule has 35 heavy (non-hydrogen) atoms. The van der Waals surface area contributed by atoms with Crippen LogP contribution in [-0.2, 0) is 14.8 Å². The predicted octanol–water partition coefficient (Wildman–Crippen LogP) is 5.03. The molecule has 2 aliphatic rings. The van der Waals surface area contributed by atoms with Crippen molar-refractivity contribution in [1.82, 2.24) is 14.4 Å². The highest BCUT2D eigenvalue weighted by molar-refractivity contribution is 7.89. The fourth-order valence-corrected chi connectivity index (χ4v) is 7.73. The highest BCUT2D eigenvalue weighted by Crippen LogP contribution is 2.38. The maximum absolute atomic E-state index is 13.4. The first kappa shape index (κ1) is 24.1. The summed E-state index contributed by atoms with van der Waals surface area (Å²) >= 11 is 1.36.